The first-order valence-electron chi connectivity index (χ1n) is 8.56. The number of pyridine rings is 1. The Balaban J connectivity index is 2.49. The molecule has 28 heavy (non-hydrogen) atoms. The monoisotopic (exact) mass is 386 g/mol. The Morgan fingerprint density at radius 1 is 1.29 bits per heavy atom. The van der Waals surface area contributed by atoms with E-state index in [4.69, 9.17) is 14.2 Å². The molecule has 1 atom stereocenters. The second kappa shape index (κ2) is 9.06. The maximum absolute atomic E-state index is 13.0. The predicted molar refractivity (Wildman–Crippen MR) is 101 cm³/mol. The average molecular weight is 386 g/mol. The highest BCUT2D eigenvalue weighted by molar-refractivity contribution is 6.03. The smallest absolute Gasteiger partial charge is 0.271 e. The summed E-state index contributed by atoms with van der Waals surface area (Å²) in [4.78, 5) is 25.4. The van der Waals surface area contributed by atoms with Gasteiger partial charge in [0.1, 0.15) is 11.6 Å². The van der Waals surface area contributed by atoms with Crippen molar-refractivity contribution in [1.29, 1.82) is 5.26 Å². The lowest BCUT2D eigenvalue weighted by Gasteiger charge is -2.19. The van der Waals surface area contributed by atoms with Crippen molar-refractivity contribution in [3.8, 4) is 23.4 Å². The van der Waals surface area contributed by atoms with Crippen LogP contribution in [0, 0.1) is 18.3 Å². The number of carbonyl (C=O) groups excluding carboxylic acids is 1. The average Bonchev–Trinajstić information content (AvgIpc) is 2.68. The third-order valence-electron chi connectivity index (χ3n) is 4.31. The van der Waals surface area contributed by atoms with Gasteiger partial charge in [-0.1, -0.05) is 12.1 Å². The van der Waals surface area contributed by atoms with Crippen LogP contribution in [0.3, 0.4) is 0 Å². The predicted octanol–water partition coefficient (Wildman–Crippen LogP) is 2.04. The van der Waals surface area contributed by atoms with E-state index in [0.29, 0.717) is 11.5 Å². The highest BCUT2D eigenvalue weighted by Gasteiger charge is 2.28. The van der Waals surface area contributed by atoms with E-state index < -0.39 is 23.3 Å². The Bertz CT molecular complexity index is 974. The molecule has 1 aromatic carbocycles. The van der Waals surface area contributed by atoms with Crippen molar-refractivity contribution in [3.05, 3.63) is 51.3 Å². The summed E-state index contributed by atoms with van der Waals surface area (Å²) in [6.45, 7) is 3.09. The van der Waals surface area contributed by atoms with Crippen LogP contribution < -0.4 is 15.0 Å². The summed E-state index contributed by atoms with van der Waals surface area (Å²) in [5.74, 6) is -0.273. The van der Waals surface area contributed by atoms with Gasteiger partial charge in [0.05, 0.1) is 25.8 Å². The Morgan fingerprint density at radius 2 is 1.93 bits per heavy atom. The fraction of sp³-hybridized carbons (Fsp3) is 0.350. The number of nitriles is 1. The number of hydrogen-bond acceptors (Lipinski definition) is 7. The SMILES string of the molecule is COCCn1c(O)c(C(=O)C(C)Oc2ccccc2OC)c(C)c(C#N)c1=O. The maximum atomic E-state index is 13.0. The molecule has 0 saturated heterocycles. The summed E-state index contributed by atoms with van der Waals surface area (Å²) in [5.41, 5.74) is -0.903. The molecule has 0 saturated carbocycles. The molecule has 1 heterocycles. The lowest BCUT2D eigenvalue weighted by Crippen LogP contribution is -2.31. The molecule has 1 aromatic heterocycles. The van der Waals surface area contributed by atoms with Crippen molar-refractivity contribution in [1.82, 2.24) is 4.57 Å². The van der Waals surface area contributed by atoms with E-state index in [1.807, 2.05) is 6.07 Å². The molecule has 2 aromatic rings. The van der Waals surface area contributed by atoms with E-state index in [9.17, 15) is 20.0 Å². The minimum atomic E-state index is -0.999. The third-order valence-corrected chi connectivity index (χ3v) is 4.31. The van der Waals surface area contributed by atoms with E-state index in [0.717, 1.165) is 4.57 Å². The standard InChI is InChI=1S/C20H22N2O6/c1-12-14(11-21)19(24)22(9-10-26-3)20(25)17(12)18(23)13(2)28-16-8-6-5-7-15(16)27-4/h5-8,13,25H,9-10H2,1-4H3. The minimum absolute atomic E-state index is 0.00183. The fourth-order valence-electron chi connectivity index (χ4n) is 2.80. The molecule has 0 fully saturated rings. The zero-order chi connectivity index (χ0) is 20.8. The van der Waals surface area contributed by atoms with Gasteiger partial charge < -0.3 is 19.3 Å². The molecule has 1 N–H and O–H groups in total. The highest BCUT2D eigenvalue weighted by atomic mass is 16.5. The molecule has 148 valence electrons. The molecule has 2 rings (SSSR count). The molecule has 8 nitrogen and oxygen atoms in total. The number of aromatic hydroxyl groups is 1. The topological polar surface area (TPSA) is 111 Å². The Kier molecular flexibility index (Phi) is 6.79. The van der Waals surface area contributed by atoms with Crippen molar-refractivity contribution >= 4 is 5.78 Å². The Hall–Kier alpha value is -3.31. The number of ketones is 1. The number of aromatic nitrogens is 1. The molecule has 0 aliphatic heterocycles. The van der Waals surface area contributed by atoms with Crippen LogP contribution in [-0.4, -0.2) is 42.4 Å². The van der Waals surface area contributed by atoms with E-state index in [-0.39, 0.29) is 29.8 Å². The molecule has 0 amide bonds. The van der Waals surface area contributed by atoms with Crippen LogP contribution in [0.4, 0.5) is 0 Å². The van der Waals surface area contributed by atoms with Gasteiger partial charge in [-0.2, -0.15) is 5.26 Å². The first-order valence-corrected chi connectivity index (χ1v) is 8.56. The lowest BCUT2D eigenvalue weighted by molar-refractivity contribution is 0.0807. The van der Waals surface area contributed by atoms with E-state index in [2.05, 4.69) is 0 Å². The molecule has 0 aliphatic rings. The molecular weight excluding hydrogens is 364 g/mol. The van der Waals surface area contributed by atoms with Crippen LogP contribution in [0.15, 0.2) is 29.1 Å². The Labute approximate surface area is 162 Å². The first kappa shape index (κ1) is 21.0. The maximum Gasteiger partial charge on any atom is 0.271 e. The van der Waals surface area contributed by atoms with Gasteiger partial charge in [0.15, 0.2) is 17.6 Å². The van der Waals surface area contributed by atoms with Crippen LogP contribution in [0.5, 0.6) is 17.4 Å². The fourth-order valence-corrected chi connectivity index (χ4v) is 2.80. The zero-order valence-corrected chi connectivity index (χ0v) is 16.2. The first-order chi connectivity index (χ1) is 13.4. The molecular formula is C20H22N2O6. The highest BCUT2D eigenvalue weighted by Crippen LogP contribution is 2.29. The van der Waals surface area contributed by atoms with Gasteiger partial charge in [0.2, 0.25) is 11.7 Å². The number of Topliss-reactive ketones (excluding diaryl/α,β-unsaturated/α-hetero) is 1. The summed E-state index contributed by atoms with van der Waals surface area (Å²) in [5, 5.41) is 19.9. The summed E-state index contributed by atoms with van der Waals surface area (Å²) in [6, 6.07) is 8.64. The second-order valence-corrected chi connectivity index (χ2v) is 6.04. The van der Waals surface area contributed by atoms with Crippen LogP contribution in [-0.2, 0) is 11.3 Å². The van der Waals surface area contributed by atoms with Gasteiger partial charge in [0.25, 0.3) is 5.56 Å². The van der Waals surface area contributed by atoms with E-state index in [1.54, 1.807) is 24.3 Å². The van der Waals surface area contributed by atoms with Gasteiger partial charge in [-0.25, -0.2) is 0 Å². The van der Waals surface area contributed by atoms with Crippen LogP contribution >= 0.6 is 0 Å². The van der Waals surface area contributed by atoms with Gasteiger partial charge in [-0.3, -0.25) is 14.2 Å². The molecule has 0 radical (unpaired) electrons. The number of carbonyl (C=O) groups is 1. The molecule has 1 unspecified atom stereocenters. The summed E-state index contributed by atoms with van der Waals surface area (Å²) >= 11 is 0. The largest absolute Gasteiger partial charge is 0.494 e. The number of rotatable bonds is 8. The van der Waals surface area contributed by atoms with Gasteiger partial charge in [0, 0.05) is 7.11 Å². The number of nitrogens with zero attached hydrogens (tertiary/aromatic N) is 2. The van der Waals surface area contributed by atoms with Crippen LogP contribution in [0.1, 0.15) is 28.4 Å². The van der Waals surface area contributed by atoms with E-state index in [1.165, 1.54) is 28.1 Å². The molecule has 8 heteroatoms. The van der Waals surface area contributed by atoms with E-state index >= 15 is 0 Å². The number of ether oxygens (including phenoxy) is 3. The zero-order valence-electron chi connectivity index (χ0n) is 16.2. The van der Waals surface area contributed by atoms with Gasteiger partial charge >= 0.3 is 0 Å². The number of hydrogen-bond donors (Lipinski definition) is 1. The molecule has 0 bridgehead atoms. The molecule has 0 aliphatic carbocycles. The Morgan fingerprint density at radius 3 is 2.50 bits per heavy atom. The quantitative estimate of drug-likeness (QED) is 0.691. The summed E-state index contributed by atoms with van der Waals surface area (Å²) < 4.78 is 16.8. The third kappa shape index (κ3) is 4.00. The van der Waals surface area contributed by atoms with Crippen LogP contribution in [0.25, 0.3) is 0 Å². The van der Waals surface area contributed by atoms with Gasteiger partial charge in [-0.15, -0.1) is 0 Å². The van der Waals surface area contributed by atoms with Crippen molar-refractivity contribution in [2.45, 2.75) is 26.5 Å². The summed E-state index contributed by atoms with van der Waals surface area (Å²) in [7, 11) is 2.92. The van der Waals surface area contributed by atoms with Gasteiger partial charge in [-0.05, 0) is 31.5 Å². The second-order valence-electron chi connectivity index (χ2n) is 6.04. The van der Waals surface area contributed by atoms with Crippen molar-refractivity contribution < 1.29 is 24.1 Å². The normalized spacial score (nSPS) is 11.5. The van der Waals surface area contributed by atoms with Crippen LogP contribution in [0.2, 0.25) is 0 Å². The lowest BCUT2D eigenvalue weighted by atomic mass is 9.99. The van der Waals surface area contributed by atoms with Crippen molar-refractivity contribution in [2.75, 3.05) is 20.8 Å². The van der Waals surface area contributed by atoms with Crippen molar-refractivity contribution in [2.24, 2.45) is 0 Å². The van der Waals surface area contributed by atoms with Crippen molar-refractivity contribution in [3.63, 3.8) is 0 Å². The minimum Gasteiger partial charge on any atom is -0.494 e. The number of para-hydroxylation sites is 2. The molecule has 0 spiro atoms. The number of methoxy groups -OCH3 is 2. The summed E-state index contributed by atoms with van der Waals surface area (Å²) in [6.07, 6.45) is -0.999. The number of benzene rings is 1.